The number of hydrogen-bond donors (Lipinski definition) is 0. The lowest BCUT2D eigenvalue weighted by atomic mass is 10.0. The SMILES string of the molecule is O=C1S/C(=C/c2c(OCc3ccccc3)ccc3ccccc23)C(=O)N1Cc1ccc([N+](=O)[O-])cc1. The number of benzene rings is 4. The minimum atomic E-state index is -0.492. The average molecular weight is 497 g/mol. The standard InChI is InChI=1S/C28H20N2O5S/c31-27-26(36-28(32)29(27)17-19-10-13-22(14-11-19)30(33)34)16-24-23-9-5-4-8-21(23)12-15-25(24)35-18-20-6-2-1-3-7-20/h1-16H,17-18H2/b26-16+. The van der Waals surface area contributed by atoms with Crippen molar-refractivity contribution in [1.29, 1.82) is 0 Å². The number of imide groups is 1. The van der Waals surface area contributed by atoms with Gasteiger partial charge in [0, 0.05) is 17.7 Å². The predicted molar refractivity (Wildman–Crippen MR) is 139 cm³/mol. The van der Waals surface area contributed by atoms with Crippen molar-refractivity contribution in [2.24, 2.45) is 0 Å². The smallest absolute Gasteiger partial charge is 0.293 e. The first-order valence-corrected chi connectivity index (χ1v) is 12.0. The van der Waals surface area contributed by atoms with Gasteiger partial charge in [0.1, 0.15) is 12.4 Å². The van der Waals surface area contributed by atoms with Crippen LogP contribution < -0.4 is 4.74 Å². The van der Waals surface area contributed by atoms with E-state index < -0.39 is 16.1 Å². The first-order valence-electron chi connectivity index (χ1n) is 11.2. The Labute approximate surface area is 211 Å². The van der Waals surface area contributed by atoms with Gasteiger partial charge in [-0.1, -0.05) is 72.8 Å². The molecule has 36 heavy (non-hydrogen) atoms. The fourth-order valence-corrected chi connectivity index (χ4v) is 4.78. The van der Waals surface area contributed by atoms with Crippen molar-refractivity contribution < 1.29 is 19.2 Å². The summed E-state index contributed by atoms with van der Waals surface area (Å²) >= 11 is 0.870. The number of non-ortho nitro benzene ring substituents is 1. The lowest BCUT2D eigenvalue weighted by Crippen LogP contribution is -2.27. The first-order chi connectivity index (χ1) is 17.5. The van der Waals surface area contributed by atoms with E-state index in [1.807, 2.05) is 66.7 Å². The highest BCUT2D eigenvalue weighted by molar-refractivity contribution is 8.18. The normalized spacial score (nSPS) is 14.6. The third-order valence-electron chi connectivity index (χ3n) is 5.80. The summed E-state index contributed by atoms with van der Waals surface area (Å²) in [5, 5.41) is 12.4. The Hall–Kier alpha value is -4.43. The van der Waals surface area contributed by atoms with Gasteiger partial charge in [0.15, 0.2) is 0 Å². The summed E-state index contributed by atoms with van der Waals surface area (Å²) in [4.78, 5) is 37.7. The third-order valence-corrected chi connectivity index (χ3v) is 6.71. The van der Waals surface area contributed by atoms with Gasteiger partial charge in [-0.25, -0.2) is 0 Å². The topological polar surface area (TPSA) is 89.8 Å². The molecule has 1 aliphatic rings. The quantitative estimate of drug-likeness (QED) is 0.163. The molecule has 1 heterocycles. The Morgan fingerprint density at radius 1 is 0.861 bits per heavy atom. The summed E-state index contributed by atoms with van der Waals surface area (Å²) in [6, 6.07) is 27.2. The number of nitro groups is 1. The molecule has 5 rings (SSSR count). The zero-order valence-electron chi connectivity index (χ0n) is 19.0. The predicted octanol–water partition coefficient (Wildman–Crippen LogP) is 6.56. The van der Waals surface area contributed by atoms with Crippen molar-refractivity contribution in [3.05, 3.63) is 123 Å². The molecule has 7 nitrogen and oxygen atoms in total. The van der Waals surface area contributed by atoms with Crippen LogP contribution in [0, 0.1) is 10.1 Å². The molecule has 2 amide bonds. The van der Waals surface area contributed by atoms with Crippen LogP contribution in [0.3, 0.4) is 0 Å². The maximum absolute atomic E-state index is 13.2. The molecule has 1 saturated heterocycles. The number of hydrogen-bond acceptors (Lipinski definition) is 6. The van der Waals surface area contributed by atoms with Crippen molar-refractivity contribution in [2.75, 3.05) is 0 Å². The molecule has 0 aliphatic carbocycles. The van der Waals surface area contributed by atoms with Crippen molar-refractivity contribution in [3.63, 3.8) is 0 Å². The van der Waals surface area contributed by atoms with E-state index in [0.717, 1.165) is 38.6 Å². The maximum atomic E-state index is 13.2. The summed E-state index contributed by atoms with van der Waals surface area (Å²) in [5.41, 5.74) is 2.32. The summed E-state index contributed by atoms with van der Waals surface area (Å²) in [5.74, 6) is 0.199. The van der Waals surface area contributed by atoms with Crippen LogP contribution in [-0.4, -0.2) is 21.0 Å². The molecule has 8 heteroatoms. The van der Waals surface area contributed by atoms with E-state index in [1.54, 1.807) is 18.2 Å². The van der Waals surface area contributed by atoms with Crippen LogP contribution in [0.25, 0.3) is 16.8 Å². The Bertz CT molecular complexity index is 1500. The number of nitro benzene ring substituents is 1. The average Bonchev–Trinajstić information content (AvgIpc) is 3.16. The molecule has 1 fully saturated rings. The van der Waals surface area contributed by atoms with Gasteiger partial charge in [0.2, 0.25) is 0 Å². The highest BCUT2D eigenvalue weighted by atomic mass is 32.2. The van der Waals surface area contributed by atoms with Crippen LogP contribution in [0.2, 0.25) is 0 Å². The summed E-state index contributed by atoms with van der Waals surface area (Å²) in [7, 11) is 0. The largest absolute Gasteiger partial charge is 0.488 e. The van der Waals surface area contributed by atoms with Crippen LogP contribution in [0.15, 0.2) is 95.9 Å². The van der Waals surface area contributed by atoms with Gasteiger partial charge in [0.05, 0.1) is 16.4 Å². The number of ether oxygens (including phenoxy) is 1. The molecule has 178 valence electrons. The zero-order chi connectivity index (χ0) is 25.1. The second-order valence-corrected chi connectivity index (χ2v) is 9.16. The van der Waals surface area contributed by atoms with E-state index in [-0.39, 0.29) is 12.2 Å². The van der Waals surface area contributed by atoms with E-state index in [0.29, 0.717) is 22.8 Å². The molecule has 0 N–H and O–H groups in total. The van der Waals surface area contributed by atoms with Gasteiger partial charge in [-0.05, 0) is 45.8 Å². The van der Waals surface area contributed by atoms with E-state index in [1.165, 1.54) is 12.1 Å². The minimum Gasteiger partial charge on any atom is -0.488 e. The molecule has 1 aliphatic heterocycles. The van der Waals surface area contributed by atoms with Crippen molar-refractivity contribution in [1.82, 2.24) is 4.90 Å². The maximum Gasteiger partial charge on any atom is 0.293 e. The summed E-state index contributed by atoms with van der Waals surface area (Å²) < 4.78 is 6.14. The van der Waals surface area contributed by atoms with Gasteiger partial charge in [-0.3, -0.25) is 24.6 Å². The van der Waals surface area contributed by atoms with Crippen molar-refractivity contribution in [2.45, 2.75) is 13.2 Å². The Balaban J connectivity index is 1.45. The fourth-order valence-electron chi connectivity index (χ4n) is 3.96. The van der Waals surface area contributed by atoms with Crippen LogP contribution in [0.4, 0.5) is 10.5 Å². The molecule has 0 bridgehead atoms. The molecule has 0 spiro atoms. The number of carbonyl (C=O) groups is 2. The molecule has 4 aromatic carbocycles. The lowest BCUT2D eigenvalue weighted by molar-refractivity contribution is -0.384. The number of nitrogens with zero attached hydrogens (tertiary/aromatic N) is 2. The molecule has 0 unspecified atom stereocenters. The van der Waals surface area contributed by atoms with Crippen LogP contribution >= 0.6 is 11.8 Å². The van der Waals surface area contributed by atoms with E-state index >= 15 is 0 Å². The monoisotopic (exact) mass is 496 g/mol. The summed E-state index contributed by atoms with van der Waals surface area (Å²) in [6.45, 7) is 0.397. The van der Waals surface area contributed by atoms with Gasteiger partial charge in [-0.15, -0.1) is 0 Å². The minimum absolute atomic E-state index is 0.0346. The number of thioether (sulfide) groups is 1. The highest BCUT2D eigenvalue weighted by Gasteiger charge is 2.35. The fraction of sp³-hybridized carbons (Fsp3) is 0.0714. The number of carbonyl (C=O) groups excluding carboxylic acids is 2. The molecular weight excluding hydrogens is 476 g/mol. The van der Waals surface area contributed by atoms with Crippen LogP contribution in [0.5, 0.6) is 5.75 Å². The van der Waals surface area contributed by atoms with E-state index in [9.17, 15) is 19.7 Å². The number of amides is 2. The Morgan fingerprint density at radius 2 is 1.58 bits per heavy atom. The lowest BCUT2D eigenvalue weighted by Gasteiger charge is -2.13. The zero-order valence-corrected chi connectivity index (χ0v) is 19.8. The van der Waals surface area contributed by atoms with Crippen molar-refractivity contribution in [3.8, 4) is 5.75 Å². The molecule has 0 atom stereocenters. The molecule has 0 aromatic heterocycles. The Morgan fingerprint density at radius 3 is 2.33 bits per heavy atom. The number of rotatable bonds is 7. The molecule has 4 aromatic rings. The van der Waals surface area contributed by atoms with E-state index in [4.69, 9.17) is 4.74 Å². The van der Waals surface area contributed by atoms with Crippen LogP contribution in [-0.2, 0) is 17.9 Å². The molecule has 0 radical (unpaired) electrons. The van der Waals surface area contributed by atoms with Gasteiger partial charge in [0.25, 0.3) is 16.8 Å². The van der Waals surface area contributed by atoms with Gasteiger partial charge >= 0.3 is 0 Å². The summed E-state index contributed by atoms with van der Waals surface area (Å²) in [6.07, 6.45) is 1.71. The van der Waals surface area contributed by atoms with E-state index in [2.05, 4.69) is 0 Å². The second kappa shape index (κ2) is 10.1. The highest BCUT2D eigenvalue weighted by Crippen LogP contribution is 2.37. The third kappa shape index (κ3) is 4.85. The van der Waals surface area contributed by atoms with Crippen LogP contribution in [0.1, 0.15) is 16.7 Å². The van der Waals surface area contributed by atoms with Gasteiger partial charge < -0.3 is 4.74 Å². The number of fused-ring (bicyclic) bond motifs is 1. The first kappa shape index (κ1) is 23.3. The Kier molecular flexibility index (Phi) is 6.51. The second-order valence-electron chi connectivity index (χ2n) is 8.16. The van der Waals surface area contributed by atoms with Gasteiger partial charge in [-0.2, -0.15) is 0 Å². The molecular formula is C28H20N2O5S. The molecule has 0 saturated carbocycles. The van der Waals surface area contributed by atoms with Crippen molar-refractivity contribution >= 4 is 45.4 Å².